The molecular weight excluding hydrogens is 172 g/mol. The molecule has 13 heavy (non-hydrogen) atoms. The Bertz CT molecular complexity index is 231. The minimum atomic E-state index is 0. The van der Waals surface area contributed by atoms with Gasteiger partial charge in [0, 0.05) is 11.0 Å². The van der Waals surface area contributed by atoms with Crippen LogP contribution in [0.25, 0.3) is 6.08 Å². The minimum absolute atomic E-state index is 0. The molecule has 1 rings (SSSR count). The molecular formula is C12H14Si. The van der Waals surface area contributed by atoms with Crippen molar-refractivity contribution in [1.82, 2.24) is 0 Å². The van der Waals surface area contributed by atoms with Crippen LogP contribution in [0.2, 0.25) is 0 Å². The summed E-state index contributed by atoms with van der Waals surface area (Å²) >= 11 is 0. The monoisotopic (exact) mass is 186 g/mol. The fourth-order valence-electron chi connectivity index (χ4n) is 0.589. The van der Waals surface area contributed by atoms with E-state index in [0.29, 0.717) is 0 Å². The molecule has 0 aliphatic carbocycles. The van der Waals surface area contributed by atoms with Crippen molar-refractivity contribution in [2.24, 2.45) is 0 Å². The number of allylic oxidation sites excluding steroid dienone is 2. The number of benzene rings is 1. The van der Waals surface area contributed by atoms with Crippen LogP contribution in [-0.4, -0.2) is 11.0 Å². The summed E-state index contributed by atoms with van der Waals surface area (Å²) in [5.74, 6) is 0. The molecule has 0 aliphatic heterocycles. The maximum Gasteiger partial charge on any atom is 0 e. The van der Waals surface area contributed by atoms with Crippen LogP contribution in [-0.2, 0) is 0 Å². The summed E-state index contributed by atoms with van der Waals surface area (Å²) in [6.45, 7) is 10.4. The van der Waals surface area contributed by atoms with Crippen molar-refractivity contribution < 1.29 is 0 Å². The van der Waals surface area contributed by atoms with Gasteiger partial charge in [-0.2, -0.15) is 0 Å². The van der Waals surface area contributed by atoms with E-state index in [1.54, 1.807) is 12.2 Å². The van der Waals surface area contributed by atoms with Gasteiger partial charge in [-0.25, -0.2) is 0 Å². The van der Waals surface area contributed by atoms with Gasteiger partial charge in [-0.3, -0.25) is 0 Å². The fourth-order valence-corrected chi connectivity index (χ4v) is 0.589. The summed E-state index contributed by atoms with van der Waals surface area (Å²) in [5, 5.41) is 0. The van der Waals surface area contributed by atoms with Crippen molar-refractivity contribution in [3.05, 3.63) is 67.8 Å². The molecule has 0 N–H and O–H groups in total. The Morgan fingerprint density at radius 3 is 1.54 bits per heavy atom. The van der Waals surface area contributed by atoms with E-state index in [1.165, 1.54) is 5.56 Å². The summed E-state index contributed by atoms with van der Waals surface area (Å²) in [7, 11) is 0. The van der Waals surface area contributed by atoms with E-state index in [4.69, 9.17) is 0 Å². The first-order valence-corrected chi connectivity index (χ1v) is 3.76. The molecule has 0 aromatic heterocycles. The second kappa shape index (κ2) is 10.7. The van der Waals surface area contributed by atoms with Crippen LogP contribution in [0.5, 0.6) is 0 Å². The molecule has 0 atom stereocenters. The second-order valence-electron chi connectivity index (χ2n) is 2.09. The third kappa shape index (κ3) is 8.56. The van der Waals surface area contributed by atoms with Gasteiger partial charge in [-0.05, 0) is 5.56 Å². The largest absolute Gasteiger partial charge is 0.0991 e. The molecule has 1 aromatic carbocycles. The van der Waals surface area contributed by atoms with E-state index in [2.05, 4.69) is 19.7 Å². The van der Waals surface area contributed by atoms with Gasteiger partial charge in [-0.15, -0.1) is 0 Å². The highest BCUT2D eigenvalue weighted by molar-refractivity contribution is 5.75. The highest BCUT2D eigenvalue weighted by Crippen LogP contribution is 1.97. The molecule has 1 heteroatoms. The van der Waals surface area contributed by atoms with Crippen LogP contribution in [0.3, 0.4) is 0 Å². The van der Waals surface area contributed by atoms with Gasteiger partial charge in [-0.1, -0.05) is 68.3 Å². The molecule has 1 aromatic rings. The van der Waals surface area contributed by atoms with Crippen molar-refractivity contribution in [2.75, 3.05) is 0 Å². The van der Waals surface area contributed by atoms with E-state index in [0.717, 1.165) is 0 Å². The normalized spacial score (nSPS) is 6.77. The van der Waals surface area contributed by atoms with Crippen LogP contribution < -0.4 is 0 Å². The molecule has 4 radical (unpaired) electrons. The summed E-state index contributed by atoms with van der Waals surface area (Å²) in [6, 6.07) is 10.0. The molecule has 0 saturated heterocycles. The first-order chi connectivity index (χ1) is 5.85. The van der Waals surface area contributed by atoms with Crippen LogP contribution in [0, 0.1) is 0 Å². The Morgan fingerprint density at radius 2 is 1.31 bits per heavy atom. The van der Waals surface area contributed by atoms with Gasteiger partial charge >= 0.3 is 0 Å². The lowest BCUT2D eigenvalue weighted by Crippen LogP contribution is -1.63. The van der Waals surface area contributed by atoms with Gasteiger partial charge in [0.25, 0.3) is 0 Å². The van der Waals surface area contributed by atoms with Gasteiger partial charge in [0.2, 0.25) is 0 Å². The van der Waals surface area contributed by atoms with E-state index in [1.807, 2.05) is 36.4 Å². The summed E-state index contributed by atoms with van der Waals surface area (Å²) in [4.78, 5) is 0. The molecule has 0 nitrogen and oxygen atoms in total. The lowest BCUT2D eigenvalue weighted by molar-refractivity contribution is 1.67. The molecule has 0 amide bonds. The topological polar surface area (TPSA) is 0 Å². The number of rotatable bonds is 2. The molecule has 0 unspecified atom stereocenters. The van der Waals surface area contributed by atoms with Crippen LogP contribution >= 0.6 is 0 Å². The van der Waals surface area contributed by atoms with Crippen molar-refractivity contribution >= 4 is 17.0 Å². The van der Waals surface area contributed by atoms with Crippen molar-refractivity contribution in [3.63, 3.8) is 0 Å². The zero-order valence-corrected chi connectivity index (χ0v) is 8.74. The zero-order valence-electron chi connectivity index (χ0n) is 7.74. The number of hydrogen-bond donors (Lipinski definition) is 0. The van der Waals surface area contributed by atoms with E-state index < -0.39 is 0 Å². The molecule has 0 heterocycles. The predicted molar refractivity (Wildman–Crippen MR) is 62.7 cm³/mol. The fraction of sp³-hybridized carbons (Fsp3) is 0. The molecule has 0 aliphatic rings. The Hall–Kier alpha value is -1.34. The maximum atomic E-state index is 3.63. The minimum Gasteiger partial charge on any atom is -0.0991 e. The lowest BCUT2D eigenvalue weighted by atomic mass is 10.2. The van der Waals surface area contributed by atoms with Gasteiger partial charge in [0.1, 0.15) is 0 Å². The van der Waals surface area contributed by atoms with Gasteiger partial charge < -0.3 is 0 Å². The van der Waals surface area contributed by atoms with Crippen LogP contribution in [0.4, 0.5) is 0 Å². The Balaban J connectivity index is 0. The van der Waals surface area contributed by atoms with E-state index in [9.17, 15) is 0 Å². The maximum absolute atomic E-state index is 3.63. The molecule has 0 saturated carbocycles. The van der Waals surface area contributed by atoms with Crippen molar-refractivity contribution in [2.45, 2.75) is 0 Å². The van der Waals surface area contributed by atoms with Gasteiger partial charge in [0.05, 0.1) is 0 Å². The summed E-state index contributed by atoms with van der Waals surface area (Å²) in [6.07, 6.45) is 5.11. The molecule has 0 spiro atoms. The highest BCUT2D eigenvalue weighted by atomic mass is 28.1. The third-order valence-electron chi connectivity index (χ3n) is 1.20. The Kier molecular flexibility index (Phi) is 11.6. The zero-order chi connectivity index (χ0) is 9.23. The standard InChI is InChI=1S/C8H8.C4H6.Si/c1-2-8-6-4-3-5-7-8;1-3-4-2;/h2-7H,1H2;3-4H,1-2H2;. The molecule has 0 bridgehead atoms. The summed E-state index contributed by atoms with van der Waals surface area (Å²) < 4.78 is 0. The van der Waals surface area contributed by atoms with Crippen molar-refractivity contribution in [1.29, 1.82) is 0 Å². The van der Waals surface area contributed by atoms with Crippen molar-refractivity contribution in [3.8, 4) is 0 Å². The van der Waals surface area contributed by atoms with E-state index in [-0.39, 0.29) is 11.0 Å². The lowest BCUT2D eigenvalue weighted by Gasteiger charge is -1.85. The Labute approximate surface area is 85.3 Å². The smallest absolute Gasteiger partial charge is 0 e. The quantitative estimate of drug-likeness (QED) is 0.491. The Morgan fingerprint density at radius 1 is 0.846 bits per heavy atom. The van der Waals surface area contributed by atoms with Gasteiger partial charge in [0.15, 0.2) is 0 Å². The van der Waals surface area contributed by atoms with Crippen LogP contribution in [0.1, 0.15) is 5.56 Å². The highest BCUT2D eigenvalue weighted by Gasteiger charge is 1.75. The third-order valence-corrected chi connectivity index (χ3v) is 1.20. The van der Waals surface area contributed by atoms with Crippen LogP contribution in [0.15, 0.2) is 62.2 Å². The summed E-state index contributed by atoms with van der Waals surface area (Å²) in [5.41, 5.74) is 1.17. The average Bonchev–Trinajstić information content (AvgIpc) is 2.19. The molecule has 66 valence electrons. The predicted octanol–water partition coefficient (Wildman–Crippen LogP) is 3.31. The average molecular weight is 186 g/mol. The second-order valence-corrected chi connectivity index (χ2v) is 2.09. The first kappa shape index (κ1) is 14.2. The van der Waals surface area contributed by atoms with E-state index >= 15 is 0 Å². The first-order valence-electron chi connectivity index (χ1n) is 3.76. The SMILES string of the molecule is C=CC=C.C=Cc1ccccc1.[Si]. The number of hydrogen-bond acceptors (Lipinski definition) is 0. The molecule has 0 fully saturated rings.